The van der Waals surface area contributed by atoms with Crippen molar-refractivity contribution in [3.8, 4) is 17.2 Å². The van der Waals surface area contributed by atoms with E-state index in [0.717, 1.165) is 37.1 Å². The molecule has 3 aromatic heterocycles. The van der Waals surface area contributed by atoms with Gasteiger partial charge in [0.1, 0.15) is 0 Å². The van der Waals surface area contributed by atoms with Crippen molar-refractivity contribution in [3.05, 3.63) is 52.6 Å². The van der Waals surface area contributed by atoms with Gasteiger partial charge < -0.3 is 4.57 Å². The summed E-state index contributed by atoms with van der Waals surface area (Å²) in [5, 5.41) is 11.6. The van der Waals surface area contributed by atoms with Gasteiger partial charge in [-0.3, -0.25) is 24.4 Å². The molecule has 0 N–H and O–H groups in total. The predicted octanol–water partition coefficient (Wildman–Crippen LogP) is 6.88. The maximum Gasteiger partial charge on any atom is 0.401 e. The van der Waals surface area contributed by atoms with Crippen LogP contribution >= 0.6 is 22.9 Å². The summed E-state index contributed by atoms with van der Waals surface area (Å²) in [7, 11) is 0. The molecule has 7 nitrogen and oxygen atoms in total. The van der Waals surface area contributed by atoms with Crippen molar-refractivity contribution in [1.29, 1.82) is 5.26 Å². The molecule has 0 spiro atoms. The van der Waals surface area contributed by atoms with Crippen molar-refractivity contribution in [2.24, 2.45) is 22.7 Å². The summed E-state index contributed by atoms with van der Waals surface area (Å²) < 4.78 is 41.8. The van der Waals surface area contributed by atoms with Gasteiger partial charge in [0, 0.05) is 58.4 Å². The summed E-state index contributed by atoms with van der Waals surface area (Å²) in [4.78, 5) is 34.1. The van der Waals surface area contributed by atoms with Gasteiger partial charge in [0.2, 0.25) is 11.8 Å². The van der Waals surface area contributed by atoms with E-state index in [0.29, 0.717) is 24.4 Å². The van der Waals surface area contributed by atoms with Crippen LogP contribution in [-0.4, -0.2) is 57.0 Å². The number of rotatable bonds is 6. The molecule has 2 unspecified atom stereocenters. The van der Waals surface area contributed by atoms with Gasteiger partial charge in [0.25, 0.3) is 0 Å². The van der Waals surface area contributed by atoms with Crippen molar-refractivity contribution < 1.29 is 22.8 Å². The number of carbonyl (C=O) groups excluding carboxylic acids is 2. The highest BCUT2D eigenvalue weighted by atomic mass is 35.5. The molecule has 0 radical (unpaired) electrons. The Morgan fingerprint density at radius 2 is 1.80 bits per heavy atom. The van der Waals surface area contributed by atoms with Gasteiger partial charge >= 0.3 is 6.18 Å². The van der Waals surface area contributed by atoms with Crippen molar-refractivity contribution in [3.63, 3.8) is 0 Å². The number of amides is 2. The summed E-state index contributed by atoms with van der Waals surface area (Å²) >= 11 is 8.07. The van der Waals surface area contributed by atoms with Crippen LogP contribution in [0.4, 0.5) is 13.2 Å². The Labute approximate surface area is 260 Å². The van der Waals surface area contributed by atoms with E-state index in [1.807, 2.05) is 54.9 Å². The SMILES string of the molecule is CC1(C)C2C(=O)N(Cc3cc4nccc(-c5cc(Cl)cc6ccn(CC7(C#N)CCN(CC(F)(F)F)CC7)c56)c4s3)C(=O)C21. The quantitative estimate of drug-likeness (QED) is 0.215. The number of nitrogens with zero attached hydrogens (tertiary/aromatic N) is 5. The minimum absolute atomic E-state index is 0.110. The van der Waals surface area contributed by atoms with Crippen LogP contribution in [0.15, 0.2) is 42.7 Å². The number of benzene rings is 1. The molecule has 7 rings (SSSR count). The van der Waals surface area contributed by atoms with Crippen molar-refractivity contribution in [1.82, 2.24) is 19.4 Å². The van der Waals surface area contributed by atoms with Crippen LogP contribution in [0, 0.1) is 34.0 Å². The number of hydrogen-bond donors (Lipinski definition) is 0. The van der Waals surface area contributed by atoms with Crippen LogP contribution in [-0.2, 0) is 22.7 Å². The number of pyridine rings is 1. The second-order valence-electron chi connectivity index (χ2n) is 12.9. The van der Waals surface area contributed by atoms with E-state index in [2.05, 4.69) is 11.1 Å². The topological polar surface area (TPSA) is 82.2 Å². The zero-order valence-corrected chi connectivity index (χ0v) is 25.7. The highest BCUT2D eigenvalue weighted by Crippen LogP contribution is 2.63. The molecule has 4 aromatic rings. The van der Waals surface area contributed by atoms with Gasteiger partial charge in [-0.15, -0.1) is 11.3 Å². The smallest absolute Gasteiger partial charge is 0.345 e. The Hall–Kier alpha value is -3.46. The molecule has 1 saturated carbocycles. The van der Waals surface area contributed by atoms with Gasteiger partial charge in [0.05, 0.1) is 52.1 Å². The fourth-order valence-corrected chi connectivity index (χ4v) is 8.62. The fourth-order valence-electron chi connectivity index (χ4n) is 7.27. The van der Waals surface area contributed by atoms with Gasteiger partial charge in [-0.05, 0) is 48.6 Å². The first kappa shape index (κ1) is 29.3. The lowest BCUT2D eigenvalue weighted by atomic mass is 9.79. The minimum atomic E-state index is -4.27. The highest BCUT2D eigenvalue weighted by Gasteiger charge is 2.72. The van der Waals surface area contributed by atoms with E-state index in [4.69, 9.17) is 11.6 Å². The molecule has 2 aliphatic heterocycles. The third kappa shape index (κ3) is 4.78. The van der Waals surface area contributed by atoms with Crippen LogP contribution in [0.25, 0.3) is 32.2 Å². The maximum atomic E-state index is 13.0. The predicted molar refractivity (Wildman–Crippen MR) is 162 cm³/mol. The van der Waals surface area contributed by atoms with E-state index in [-0.39, 0.29) is 48.7 Å². The van der Waals surface area contributed by atoms with Gasteiger partial charge in [0.15, 0.2) is 0 Å². The molecular weight excluding hydrogens is 611 g/mol. The molecule has 1 aliphatic carbocycles. The third-order valence-corrected chi connectivity index (χ3v) is 11.1. The summed E-state index contributed by atoms with van der Waals surface area (Å²) in [6.45, 7) is 3.90. The summed E-state index contributed by atoms with van der Waals surface area (Å²) in [6.07, 6.45) is 0.0177. The number of alkyl halides is 3. The molecule has 2 saturated heterocycles. The number of halogens is 4. The number of piperidine rings is 2. The van der Waals surface area contributed by atoms with E-state index in [1.165, 1.54) is 21.1 Å². The Morgan fingerprint density at radius 3 is 2.45 bits per heavy atom. The molecule has 12 heteroatoms. The summed E-state index contributed by atoms with van der Waals surface area (Å²) in [5.41, 5.74) is 2.26. The van der Waals surface area contributed by atoms with Crippen LogP contribution in [0.2, 0.25) is 5.02 Å². The number of nitriles is 1. The summed E-state index contributed by atoms with van der Waals surface area (Å²) in [6, 6.07) is 11.9. The number of aromatic nitrogens is 2. The third-order valence-electron chi connectivity index (χ3n) is 9.71. The monoisotopic (exact) mass is 639 g/mol. The van der Waals surface area contributed by atoms with Crippen molar-refractivity contribution >= 4 is 55.9 Å². The highest BCUT2D eigenvalue weighted by molar-refractivity contribution is 7.19. The molecule has 3 aliphatic rings. The van der Waals surface area contributed by atoms with Crippen LogP contribution in [0.1, 0.15) is 31.6 Å². The number of likely N-dealkylation sites (tertiary alicyclic amines) is 2. The minimum Gasteiger partial charge on any atom is -0.345 e. The molecule has 228 valence electrons. The summed E-state index contributed by atoms with van der Waals surface area (Å²) in [5.74, 6) is -0.695. The van der Waals surface area contributed by atoms with E-state index < -0.39 is 18.1 Å². The molecule has 3 fully saturated rings. The Kier molecular flexibility index (Phi) is 6.67. The molecule has 2 amide bonds. The standard InChI is InChI=1S/C32H29ClF3N5O2S/c1-30(2)24-25(30)29(43)41(28(24)42)14-20-13-23-27(44-20)21(3-7-38-23)22-12-19(33)11-18-4-8-40(26(18)22)16-31(15-37)5-9-39(10-6-31)17-32(34,35)36/h3-4,7-8,11-13,24-25H,5-6,9-10,14,16-17H2,1-2H3. The van der Waals surface area contributed by atoms with Crippen LogP contribution < -0.4 is 0 Å². The maximum absolute atomic E-state index is 13.0. The van der Waals surface area contributed by atoms with Gasteiger partial charge in [-0.2, -0.15) is 18.4 Å². The lowest BCUT2D eigenvalue weighted by Gasteiger charge is -2.38. The number of carbonyl (C=O) groups is 2. The number of fused-ring (bicyclic) bond motifs is 3. The van der Waals surface area contributed by atoms with Crippen molar-refractivity contribution in [2.75, 3.05) is 19.6 Å². The van der Waals surface area contributed by atoms with Crippen LogP contribution in [0.5, 0.6) is 0 Å². The first-order valence-electron chi connectivity index (χ1n) is 14.5. The number of thiophene rings is 1. The van der Waals surface area contributed by atoms with E-state index in [1.54, 1.807) is 6.20 Å². The first-order valence-corrected chi connectivity index (χ1v) is 15.7. The fraction of sp³-hybridized carbons (Fsp3) is 0.438. The normalized spacial score (nSPS) is 23.0. The first-order chi connectivity index (χ1) is 20.8. The van der Waals surface area contributed by atoms with Gasteiger partial charge in [-0.1, -0.05) is 25.4 Å². The second-order valence-corrected chi connectivity index (χ2v) is 14.5. The lowest BCUT2D eigenvalue weighted by Crippen LogP contribution is -2.45. The average molecular weight is 640 g/mol. The number of imide groups is 1. The second kappa shape index (κ2) is 10.0. The molecule has 0 bridgehead atoms. The molecule has 2 atom stereocenters. The molecule has 5 heterocycles. The number of hydrogen-bond acceptors (Lipinski definition) is 6. The molecular formula is C32H29ClF3N5O2S. The Balaban J connectivity index is 1.21. The Morgan fingerprint density at radius 1 is 1.09 bits per heavy atom. The lowest BCUT2D eigenvalue weighted by molar-refractivity contribution is -0.150. The van der Waals surface area contributed by atoms with Crippen LogP contribution in [0.3, 0.4) is 0 Å². The van der Waals surface area contributed by atoms with Gasteiger partial charge in [-0.25, -0.2) is 0 Å². The zero-order chi connectivity index (χ0) is 31.2. The average Bonchev–Trinajstić information content (AvgIpc) is 3.30. The van der Waals surface area contributed by atoms with E-state index >= 15 is 0 Å². The molecule has 44 heavy (non-hydrogen) atoms. The molecule has 1 aromatic carbocycles. The van der Waals surface area contributed by atoms with Crippen molar-refractivity contribution in [2.45, 2.75) is 46.0 Å². The van der Waals surface area contributed by atoms with E-state index in [9.17, 15) is 28.0 Å². The largest absolute Gasteiger partial charge is 0.401 e. The Bertz CT molecular complexity index is 1860. The zero-order valence-electron chi connectivity index (χ0n) is 24.1.